The van der Waals surface area contributed by atoms with Gasteiger partial charge in [-0.05, 0) is 55.7 Å². The van der Waals surface area contributed by atoms with E-state index in [1.165, 1.54) is 0 Å². The SMILES string of the molecule is Cc1cc(C)c(NC(=O)[C@@H](C)OC(=O)c2cccc3ccccc23)c(C)c1. The number of aryl methyl sites for hydroxylation is 3. The van der Waals surface area contributed by atoms with Gasteiger partial charge in [-0.3, -0.25) is 4.79 Å². The molecule has 0 spiro atoms. The highest BCUT2D eigenvalue weighted by atomic mass is 16.5. The maximum absolute atomic E-state index is 12.6. The van der Waals surface area contributed by atoms with E-state index in [1.54, 1.807) is 13.0 Å². The molecule has 4 nitrogen and oxygen atoms in total. The van der Waals surface area contributed by atoms with Crippen LogP contribution in [0.2, 0.25) is 0 Å². The molecule has 0 bridgehead atoms. The Bertz CT molecular complexity index is 995. The van der Waals surface area contributed by atoms with Gasteiger partial charge in [-0.25, -0.2) is 4.79 Å². The van der Waals surface area contributed by atoms with Crippen LogP contribution in [0, 0.1) is 20.8 Å². The Kier molecular flexibility index (Phi) is 5.26. The number of fused-ring (bicyclic) bond motifs is 1. The predicted molar refractivity (Wildman–Crippen MR) is 108 cm³/mol. The molecule has 3 aromatic carbocycles. The lowest BCUT2D eigenvalue weighted by Gasteiger charge is -2.17. The molecule has 3 aromatic rings. The van der Waals surface area contributed by atoms with E-state index in [-0.39, 0.29) is 5.91 Å². The number of hydrogen-bond donors (Lipinski definition) is 1. The Labute approximate surface area is 159 Å². The summed E-state index contributed by atoms with van der Waals surface area (Å²) in [7, 11) is 0. The Morgan fingerprint density at radius 1 is 0.926 bits per heavy atom. The number of rotatable bonds is 4. The minimum atomic E-state index is -0.906. The van der Waals surface area contributed by atoms with Crippen LogP contribution in [0.5, 0.6) is 0 Å². The van der Waals surface area contributed by atoms with Gasteiger partial charge in [0.15, 0.2) is 6.10 Å². The number of amides is 1. The van der Waals surface area contributed by atoms with Gasteiger partial charge in [-0.15, -0.1) is 0 Å². The van der Waals surface area contributed by atoms with E-state index in [2.05, 4.69) is 5.32 Å². The number of nitrogens with one attached hydrogen (secondary N) is 1. The largest absolute Gasteiger partial charge is 0.449 e. The molecule has 3 rings (SSSR count). The first-order chi connectivity index (χ1) is 12.9. The molecule has 0 unspecified atom stereocenters. The smallest absolute Gasteiger partial charge is 0.339 e. The molecule has 0 aliphatic heterocycles. The van der Waals surface area contributed by atoms with Crippen molar-refractivity contribution in [2.24, 2.45) is 0 Å². The summed E-state index contributed by atoms with van der Waals surface area (Å²) < 4.78 is 5.43. The molecular weight excluding hydrogens is 338 g/mol. The van der Waals surface area contributed by atoms with E-state index in [4.69, 9.17) is 4.74 Å². The third-order valence-electron chi connectivity index (χ3n) is 4.59. The van der Waals surface area contributed by atoms with Crippen LogP contribution in [-0.4, -0.2) is 18.0 Å². The molecule has 0 aliphatic rings. The molecule has 4 heteroatoms. The van der Waals surface area contributed by atoms with Crippen LogP contribution < -0.4 is 5.32 Å². The Morgan fingerprint density at radius 2 is 1.56 bits per heavy atom. The second kappa shape index (κ2) is 7.62. The zero-order valence-electron chi connectivity index (χ0n) is 16.0. The first kappa shape index (κ1) is 18.6. The van der Waals surface area contributed by atoms with E-state index in [9.17, 15) is 9.59 Å². The zero-order chi connectivity index (χ0) is 19.6. The third-order valence-corrected chi connectivity index (χ3v) is 4.59. The van der Waals surface area contributed by atoms with Crippen LogP contribution >= 0.6 is 0 Å². The topological polar surface area (TPSA) is 55.4 Å². The fraction of sp³-hybridized carbons (Fsp3) is 0.217. The number of hydrogen-bond acceptors (Lipinski definition) is 3. The Hall–Kier alpha value is -3.14. The highest BCUT2D eigenvalue weighted by molar-refractivity contribution is 6.05. The van der Waals surface area contributed by atoms with Gasteiger partial charge in [-0.1, -0.05) is 54.1 Å². The normalized spacial score (nSPS) is 11.9. The molecule has 138 valence electrons. The quantitative estimate of drug-likeness (QED) is 0.669. The van der Waals surface area contributed by atoms with Gasteiger partial charge < -0.3 is 10.1 Å². The van der Waals surface area contributed by atoms with Crippen molar-refractivity contribution in [3.05, 3.63) is 76.9 Å². The maximum Gasteiger partial charge on any atom is 0.339 e. The molecule has 0 saturated carbocycles. The number of carbonyl (C=O) groups excluding carboxylic acids is 2. The van der Waals surface area contributed by atoms with Gasteiger partial charge in [0.2, 0.25) is 0 Å². The lowest BCUT2D eigenvalue weighted by atomic mass is 10.0. The highest BCUT2D eigenvalue weighted by Crippen LogP contribution is 2.23. The van der Waals surface area contributed by atoms with Crippen molar-refractivity contribution in [1.29, 1.82) is 0 Å². The van der Waals surface area contributed by atoms with Crippen LogP contribution in [0.1, 0.15) is 34.0 Å². The summed E-state index contributed by atoms with van der Waals surface area (Å²) in [5.74, 6) is -0.856. The standard InChI is InChI=1S/C23H23NO3/c1-14-12-15(2)21(16(3)13-14)24-22(25)17(4)27-23(26)20-11-7-9-18-8-5-6-10-19(18)20/h5-13,17H,1-4H3,(H,24,25)/t17-/m1/s1. The number of esters is 1. The maximum atomic E-state index is 12.6. The molecule has 0 aromatic heterocycles. The van der Waals surface area contributed by atoms with Gasteiger partial charge in [0.25, 0.3) is 5.91 Å². The third kappa shape index (κ3) is 4.00. The molecule has 0 heterocycles. The monoisotopic (exact) mass is 361 g/mol. The van der Waals surface area contributed by atoms with Crippen molar-refractivity contribution in [1.82, 2.24) is 0 Å². The van der Waals surface area contributed by atoms with Crippen molar-refractivity contribution in [2.45, 2.75) is 33.8 Å². The summed E-state index contributed by atoms with van der Waals surface area (Å²) in [5.41, 5.74) is 4.31. The van der Waals surface area contributed by atoms with E-state index in [0.717, 1.165) is 33.2 Å². The highest BCUT2D eigenvalue weighted by Gasteiger charge is 2.21. The Morgan fingerprint density at radius 3 is 2.26 bits per heavy atom. The van der Waals surface area contributed by atoms with E-state index >= 15 is 0 Å². The lowest BCUT2D eigenvalue weighted by Crippen LogP contribution is -2.30. The number of benzene rings is 3. The van der Waals surface area contributed by atoms with Crippen molar-refractivity contribution in [2.75, 3.05) is 5.32 Å². The Balaban J connectivity index is 1.76. The van der Waals surface area contributed by atoms with Crippen LogP contribution in [0.25, 0.3) is 10.8 Å². The average molecular weight is 361 g/mol. The van der Waals surface area contributed by atoms with Crippen molar-refractivity contribution in [3.63, 3.8) is 0 Å². The van der Waals surface area contributed by atoms with E-state index in [0.29, 0.717) is 5.56 Å². The van der Waals surface area contributed by atoms with Gasteiger partial charge in [0.05, 0.1) is 5.56 Å². The molecule has 1 amide bonds. The lowest BCUT2D eigenvalue weighted by molar-refractivity contribution is -0.123. The summed E-state index contributed by atoms with van der Waals surface area (Å²) in [6.07, 6.45) is -0.906. The summed E-state index contributed by atoms with van der Waals surface area (Å²) >= 11 is 0. The molecule has 1 N–H and O–H groups in total. The molecule has 27 heavy (non-hydrogen) atoms. The van der Waals surface area contributed by atoms with Crippen LogP contribution in [0.3, 0.4) is 0 Å². The van der Waals surface area contributed by atoms with Crippen molar-refractivity contribution < 1.29 is 14.3 Å². The first-order valence-corrected chi connectivity index (χ1v) is 8.94. The van der Waals surface area contributed by atoms with E-state index in [1.807, 2.05) is 69.3 Å². The summed E-state index contributed by atoms with van der Waals surface area (Å²) in [6, 6.07) is 17.1. The minimum Gasteiger partial charge on any atom is -0.449 e. The van der Waals surface area contributed by atoms with Crippen molar-refractivity contribution in [3.8, 4) is 0 Å². The van der Waals surface area contributed by atoms with E-state index < -0.39 is 12.1 Å². The number of anilines is 1. The molecule has 1 atom stereocenters. The van der Waals surface area contributed by atoms with Crippen LogP contribution in [-0.2, 0) is 9.53 Å². The molecule has 0 fully saturated rings. The second-order valence-corrected chi connectivity index (χ2v) is 6.84. The summed E-state index contributed by atoms with van der Waals surface area (Å²) in [4.78, 5) is 25.1. The zero-order valence-corrected chi connectivity index (χ0v) is 16.0. The molecular formula is C23H23NO3. The van der Waals surface area contributed by atoms with Gasteiger partial charge in [-0.2, -0.15) is 0 Å². The summed E-state index contributed by atoms with van der Waals surface area (Å²) in [6.45, 7) is 7.49. The van der Waals surface area contributed by atoms with Crippen LogP contribution in [0.4, 0.5) is 5.69 Å². The average Bonchev–Trinajstić information content (AvgIpc) is 2.63. The van der Waals surface area contributed by atoms with Gasteiger partial charge in [0, 0.05) is 5.69 Å². The fourth-order valence-electron chi connectivity index (χ4n) is 3.28. The van der Waals surface area contributed by atoms with Crippen LogP contribution in [0.15, 0.2) is 54.6 Å². The minimum absolute atomic E-state index is 0.348. The molecule has 0 aliphatic carbocycles. The second-order valence-electron chi connectivity index (χ2n) is 6.84. The van der Waals surface area contributed by atoms with Gasteiger partial charge in [0.1, 0.15) is 0 Å². The fourth-order valence-corrected chi connectivity index (χ4v) is 3.28. The predicted octanol–water partition coefficient (Wildman–Crippen LogP) is 4.95. The number of carbonyl (C=O) groups is 2. The number of ether oxygens (including phenoxy) is 1. The van der Waals surface area contributed by atoms with Crippen molar-refractivity contribution >= 4 is 28.3 Å². The first-order valence-electron chi connectivity index (χ1n) is 8.94. The molecule has 0 saturated heterocycles. The van der Waals surface area contributed by atoms with Gasteiger partial charge >= 0.3 is 5.97 Å². The summed E-state index contributed by atoms with van der Waals surface area (Å²) in [5, 5.41) is 4.65. The molecule has 0 radical (unpaired) electrons.